The Bertz CT molecular complexity index is 952. The third-order valence-corrected chi connectivity index (χ3v) is 4.26. The average molecular weight is 366 g/mol. The van der Waals surface area contributed by atoms with Gasteiger partial charge in [-0.25, -0.2) is 4.98 Å². The summed E-state index contributed by atoms with van der Waals surface area (Å²) in [5.41, 5.74) is 4.21. The van der Waals surface area contributed by atoms with Crippen molar-refractivity contribution in [1.82, 2.24) is 15.3 Å². The van der Waals surface area contributed by atoms with E-state index < -0.39 is 5.41 Å². The summed E-state index contributed by atoms with van der Waals surface area (Å²) in [7, 11) is 0. The molecule has 0 saturated carbocycles. The van der Waals surface area contributed by atoms with Crippen molar-refractivity contribution in [3.8, 4) is 11.4 Å². The molecule has 3 N–H and O–H groups in total. The zero-order valence-electron chi connectivity index (χ0n) is 15.3. The van der Waals surface area contributed by atoms with E-state index in [0.717, 1.165) is 33.7 Å². The Morgan fingerprint density at radius 3 is 2.58 bits per heavy atom. The monoisotopic (exact) mass is 366 g/mol. The number of anilines is 1. The number of thiocarbonyl (C=S) groups is 1. The molecule has 0 aliphatic rings. The van der Waals surface area contributed by atoms with Crippen molar-refractivity contribution in [3.05, 3.63) is 48.0 Å². The maximum Gasteiger partial charge on any atom is 0.231 e. The quantitative estimate of drug-likeness (QED) is 0.588. The predicted molar refractivity (Wildman–Crippen MR) is 110 cm³/mol. The fourth-order valence-corrected chi connectivity index (χ4v) is 2.64. The minimum absolute atomic E-state index is 0.124. The number of nitrogens with zero attached hydrogens (tertiary/aromatic N) is 1. The number of carbonyl (C=O) groups is 1. The minimum Gasteiger partial charge on any atom is -0.338 e. The van der Waals surface area contributed by atoms with Gasteiger partial charge >= 0.3 is 0 Å². The topological polar surface area (TPSA) is 69.8 Å². The van der Waals surface area contributed by atoms with E-state index in [9.17, 15) is 4.79 Å². The van der Waals surface area contributed by atoms with Gasteiger partial charge in [-0.1, -0.05) is 45.0 Å². The summed E-state index contributed by atoms with van der Waals surface area (Å²) >= 11 is 5.29. The number of hydrogen-bond donors (Lipinski definition) is 3. The van der Waals surface area contributed by atoms with Gasteiger partial charge in [-0.15, -0.1) is 0 Å². The van der Waals surface area contributed by atoms with Crippen LogP contribution in [0, 0.1) is 12.3 Å². The first-order valence-electron chi connectivity index (χ1n) is 8.42. The van der Waals surface area contributed by atoms with E-state index >= 15 is 0 Å². The van der Waals surface area contributed by atoms with Gasteiger partial charge in [0.25, 0.3) is 0 Å². The molecule has 2 aromatic carbocycles. The molecule has 1 aromatic heterocycles. The van der Waals surface area contributed by atoms with E-state index in [-0.39, 0.29) is 11.0 Å². The van der Waals surface area contributed by atoms with Crippen LogP contribution in [0.1, 0.15) is 26.3 Å². The second-order valence-corrected chi connectivity index (χ2v) is 7.70. The average Bonchev–Trinajstić information content (AvgIpc) is 3.00. The van der Waals surface area contributed by atoms with Crippen LogP contribution in [0.15, 0.2) is 42.5 Å². The normalized spacial score (nSPS) is 11.4. The highest BCUT2D eigenvalue weighted by Gasteiger charge is 2.22. The lowest BCUT2D eigenvalue weighted by Crippen LogP contribution is -2.41. The van der Waals surface area contributed by atoms with Gasteiger partial charge in [-0.2, -0.15) is 0 Å². The van der Waals surface area contributed by atoms with E-state index in [1.807, 2.05) is 70.2 Å². The van der Waals surface area contributed by atoms with Crippen LogP contribution in [0.25, 0.3) is 22.4 Å². The van der Waals surface area contributed by atoms with E-state index in [1.165, 1.54) is 0 Å². The Balaban J connectivity index is 1.84. The van der Waals surface area contributed by atoms with Gasteiger partial charge in [-0.3, -0.25) is 4.79 Å². The number of aryl methyl sites for hydroxylation is 1. The summed E-state index contributed by atoms with van der Waals surface area (Å²) in [6.07, 6.45) is 0. The van der Waals surface area contributed by atoms with Gasteiger partial charge in [0.2, 0.25) is 5.91 Å². The largest absolute Gasteiger partial charge is 0.338 e. The van der Waals surface area contributed by atoms with Crippen molar-refractivity contribution >= 4 is 40.0 Å². The molecular weight excluding hydrogens is 344 g/mol. The molecule has 3 aromatic rings. The number of aromatic nitrogens is 2. The van der Waals surface area contributed by atoms with Gasteiger partial charge in [0.1, 0.15) is 5.82 Å². The fourth-order valence-electron chi connectivity index (χ4n) is 2.44. The minimum atomic E-state index is -0.503. The lowest BCUT2D eigenvalue weighted by atomic mass is 9.96. The molecule has 3 rings (SSSR count). The third kappa shape index (κ3) is 3.91. The highest BCUT2D eigenvalue weighted by Crippen LogP contribution is 2.25. The molecule has 0 unspecified atom stereocenters. The second kappa shape index (κ2) is 6.88. The second-order valence-electron chi connectivity index (χ2n) is 7.29. The zero-order valence-corrected chi connectivity index (χ0v) is 16.1. The number of H-pyrrole nitrogens is 1. The summed E-state index contributed by atoms with van der Waals surface area (Å²) in [6, 6.07) is 13.9. The number of fused-ring (bicyclic) bond motifs is 1. The molecule has 0 fully saturated rings. The van der Waals surface area contributed by atoms with Gasteiger partial charge < -0.3 is 15.6 Å². The van der Waals surface area contributed by atoms with E-state index in [4.69, 9.17) is 12.2 Å². The number of para-hydroxylation sites is 2. The maximum atomic E-state index is 12.1. The molecule has 1 amide bonds. The van der Waals surface area contributed by atoms with Crippen LogP contribution < -0.4 is 10.6 Å². The van der Waals surface area contributed by atoms with Crippen molar-refractivity contribution in [1.29, 1.82) is 0 Å². The van der Waals surface area contributed by atoms with E-state index in [1.54, 1.807) is 0 Å². The molecule has 0 bridgehead atoms. The predicted octanol–water partition coefficient (Wildman–Crippen LogP) is 4.40. The highest BCUT2D eigenvalue weighted by atomic mass is 32.1. The van der Waals surface area contributed by atoms with Crippen LogP contribution in [-0.2, 0) is 4.79 Å². The maximum absolute atomic E-state index is 12.1. The smallest absolute Gasteiger partial charge is 0.231 e. The molecule has 6 heteroatoms. The van der Waals surface area contributed by atoms with Gasteiger partial charge in [0.05, 0.1) is 11.0 Å². The molecule has 0 spiro atoms. The summed E-state index contributed by atoms with van der Waals surface area (Å²) in [6.45, 7) is 7.52. The third-order valence-electron chi connectivity index (χ3n) is 4.06. The Morgan fingerprint density at radius 1 is 1.15 bits per heavy atom. The molecule has 0 radical (unpaired) electrons. The number of benzene rings is 2. The summed E-state index contributed by atoms with van der Waals surface area (Å²) in [5, 5.41) is 6.14. The van der Waals surface area contributed by atoms with E-state index in [2.05, 4.69) is 20.6 Å². The molecule has 0 aliphatic carbocycles. The van der Waals surface area contributed by atoms with Crippen LogP contribution in [0.2, 0.25) is 0 Å². The molecule has 0 aliphatic heterocycles. The number of carbonyl (C=O) groups excluding carboxylic acids is 1. The lowest BCUT2D eigenvalue weighted by Gasteiger charge is -2.19. The van der Waals surface area contributed by atoms with Crippen LogP contribution >= 0.6 is 12.2 Å². The Morgan fingerprint density at radius 2 is 1.88 bits per heavy atom. The van der Waals surface area contributed by atoms with Crippen molar-refractivity contribution in [2.24, 2.45) is 5.41 Å². The number of rotatable bonds is 2. The Labute approximate surface area is 158 Å². The van der Waals surface area contributed by atoms with Crippen molar-refractivity contribution in [3.63, 3.8) is 0 Å². The van der Waals surface area contributed by atoms with E-state index in [0.29, 0.717) is 0 Å². The Kier molecular flexibility index (Phi) is 4.78. The lowest BCUT2D eigenvalue weighted by molar-refractivity contribution is -0.126. The summed E-state index contributed by atoms with van der Waals surface area (Å²) in [5.74, 6) is 0.667. The molecule has 134 valence electrons. The molecule has 0 saturated heterocycles. The fraction of sp³-hybridized carbons (Fsp3) is 0.250. The first kappa shape index (κ1) is 18.1. The number of hydrogen-bond acceptors (Lipinski definition) is 3. The number of amides is 1. The SMILES string of the molecule is Cc1ccc(-c2nc3ccccc3[nH]2)cc1NC(=S)NC(=O)C(C)(C)C. The first-order valence-corrected chi connectivity index (χ1v) is 8.83. The molecule has 5 nitrogen and oxygen atoms in total. The number of nitrogens with one attached hydrogen (secondary N) is 3. The summed E-state index contributed by atoms with van der Waals surface area (Å²) in [4.78, 5) is 20.0. The Hall–Kier alpha value is -2.73. The van der Waals surface area contributed by atoms with Crippen LogP contribution in [0.3, 0.4) is 0 Å². The van der Waals surface area contributed by atoms with Gasteiger partial charge in [0.15, 0.2) is 5.11 Å². The summed E-state index contributed by atoms with van der Waals surface area (Å²) < 4.78 is 0. The van der Waals surface area contributed by atoms with Crippen LogP contribution in [0.4, 0.5) is 5.69 Å². The molecule has 0 atom stereocenters. The molecular formula is C20H22N4OS. The van der Waals surface area contributed by atoms with Crippen LogP contribution in [0.5, 0.6) is 0 Å². The number of aromatic amines is 1. The highest BCUT2D eigenvalue weighted by molar-refractivity contribution is 7.80. The molecule has 1 heterocycles. The standard InChI is InChI=1S/C20H22N4OS/c1-12-9-10-13(17-21-14-7-5-6-8-15(14)22-17)11-16(12)23-19(26)24-18(25)20(2,3)4/h5-11H,1-4H3,(H,21,22)(H2,23,24,25,26). The number of imidazole rings is 1. The van der Waals surface area contributed by atoms with Crippen molar-refractivity contribution in [2.75, 3.05) is 5.32 Å². The van der Waals surface area contributed by atoms with Crippen molar-refractivity contribution in [2.45, 2.75) is 27.7 Å². The van der Waals surface area contributed by atoms with Gasteiger partial charge in [-0.05, 0) is 42.9 Å². The van der Waals surface area contributed by atoms with Crippen LogP contribution in [-0.4, -0.2) is 21.0 Å². The van der Waals surface area contributed by atoms with Gasteiger partial charge in [0, 0.05) is 16.7 Å². The van der Waals surface area contributed by atoms with Crippen molar-refractivity contribution < 1.29 is 4.79 Å². The molecule has 26 heavy (non-hydrogen) atoms. The zero-order chi connectivity index (χ0) is 18.9. The first-order chi connectivity index (χ1) is 12.2.